The van der Waals surface area contributed by atoms with Crippen LogP contribution < -0.4 is 5.32 Å². The Kier molecular flexibility index (Phi) is 6.96. The van der Waals surface area contributed by atoms with E-state index in [0.717, 1.165) is 13.1 Å². The molecule has 1 N–H and O–H groups in total. The van der Waals surface area contributed by atoms with E-state index >= 15 is 0 Å². The minimum atomic E-state index is -0.0752. The molecule has 1 fully saturated rings. The molecule has 1 aromatic rings. The molecule has 1 saturated heterocycles. The van der Waals surface area contributed by atoms with Gasteiger partial charge in [-0.3, -0.25) is 14.5 Å². The van der Waals surface area contributed by atoms with Crippen LogP contribution in [0.3, 0.4) is 0 Å². The smallest absolute Gasteiger partial charge is 0.253 e. The van der Waals surface area contributed by atoms with Crippen LogP contribution in [0.1, 0.15) is 38.1 Å². The van der Waals surface area contributed by atoms with Gasteiger partial charge in [-0.2, -0.15) is 0 Å². The molecule has 0 aromatic heterocycles. The molecule has 2 atom stereocenters. The third kappa shape index (κ3) is 5.54. The van der Waals surface area contributed by atoms with Gasteiger partial charge < -0.3 is 15.0 Å². The first-order valence-corrected chi connectivity index (χ1v) is 8.99. The van der Waals surface area contributed by atoms with Gasteiger partial charge in [0.2, 0.25) is 5.91 Å². The van der Waals surface area contributed by atoms with E-state index in [0.29, 0.717) is 30.9 Å². The Bertz CT molecular complexity index is 591. The molecule has 0 unspecified atom stereocenters. The minimum absolute atomic E-state index is 0.0167. The first-order valence-electron chi connectivity index (χ1n) is 8.99. The number of hydrogen-bond acceptors (Lipinski definition) is 4. The molecule has 0 aliphatic carbocycles. The number of carbonyl (C=O) groups excluding carboxylic acids is 2. The molecular formula is C19H29N3O3. The lowest BCUT2D eigenvalue weighted by Gasteiger charge is -2.34. The molecule has 1 aliphatic heterocycles. The van der Waals surface area contributed by atoms with Gasteiger partial charge in [-0.25, -0.2) is 0 Å². The Morgan fingerprint density at radius 3 is 2.44 bits per heavy atom. The summed E-state index contributed by atoms with van der Waals surface area (Å²) >= 11 is 0. The maximum absolute atomic E-state index is 12.4. The number of anilines is 1. The molecule has 0 bridgehead atoms. The van der Waals surface area contributed by atoms with E-state index in [1.165, 1.54) is 0 Å². The van der Waals surface area contributed by atoms with Crippen molar-refractivity contribution in [1.29, 1.82) is 0 Å². The van der Waals surface area contributed by atoms with Crippen LogP contribution in [-0.4, -0.2) is 66.5 Å². The number of nitrogens with zero attached hydrogens (tertiary/aromatic N) is 2. The standard InChI is InChI=1S/C19H29N3O3/c1-5-22(6-2)19(24)16-8-7-9-17(10-16)20-18(23)13-21-11-14(3)25-15(4)12-21/h7-10,14-15H,5-6,11-13H2,1-4H3,(H,20,23)/t14-,15-/m1/s1. The van der Waals surface area contributed by atoms with Gasteiger partial charge in [0.1, 0.15) is 0 Å². The van der Waals surface area contributed by atoms with E-state index in [9.17, 15) is 9.59 Å². The number of carbonyl (C=O) groups is 2. The summed E-state index contributed by atoms with van der Waals surface area (Å²) in [4.78, 5) is 28.6. The second kappa shape index (κ2) is 8.97. The zero-order valence-electron chi connectivity index (χ0n) is 15.6. The average Bonchev–Trinajstić information content (AvgIpc) is 2.55. The highest BCUT2D eigenvalue weighted by molar-refractivity contribution is 5.97. The number of amides is 2. The SMILES string of the molecule is CCN(CC)C(=O)c1cccc(NC(=O)CN2C[C@@H](C)O[C@H](C)C2)c1. The first-order chi connectivity index (χ1) is 11.9. The zero-order valence-corrected chi connectivity index (χ0v) is 15.6. The number of rotatable bonds is 6. The Hall–Kier alpha value is -1.92. The second-order valence-electron chi connectivity index (χ2n) is 6.56. The molecule has 0 spiro atoms. The summed E-state index contributed by atoms with van der Waals surface area (Å²) in [5.74, 6) is -0.0920. The Morgan fingerprint density at radius 1 is 1.20 bits per heavy atom. The summed E-state index contributed by atoms with van der Waals surface area (Å²) in [7, 11) is 0. The summed E-state index contributed by atoms with van der Waals surface area (Å²) < 4.78 is 5.69. The zero-order chi connectivity index (χ0) is 18.4. The Labute approximate surface area is 150 Å². The molecule has 2 rings (SSSR count). The summed E-state index contributed by atoms with van der Waals surface area (Å²) in [6, 6.07) is 7.12. The van der Waals surface area contributed by atoms with Crippen LogP contribution in [-0.2, 0) is 9.53 Å². The van der Waals surface area contributed by atoms with E-state index in [-0.39, 0.29) is 24.0 Å². The van der Waals surface area contributed by atoms with Crippen LogP contribution in [0.5, 0.6) is 0 Å². The van der Waals surface area contributed by atoms with Crippen molar-refractivity contribution < 1.29 is 14.3 Å². The van der Waals surface area contributed by atoms with Crippen molar-refractivity contribution in [2.75, 3.05) is 38.0 Å². The third-order valence-electron chi connectivity index (χ3n) is 4.31. The van der Waals surface area contributed by atoms with Crippen LogP contribution in [0.4, 0.5) is 5.69 Å². The van der Waals surface area contributed by atoms with Gasteiger partial charge in [0.15, 0.2) is 0 Å². The number of morpholine rings is 1. The van der Waals surface area contributed by atoms with Crippen LogP contribution in [0.25, 0.3) is 0 Å². The van der Waals surface area contributed by atoms with E-state index < -0.39 is 0 Å². The van der Waals surface area contributed by atoms with Gasteiger partial charge in [0, 0.05) is 37.4 Å². The van der Waals surface area contributed by atoms with Crippen molar-refractivity contribution in [3.05, 3.63) is 29.8 Å². The second-order valence-corrected chi connectivity index (χ2v) is 6.56. The van der Waals surface area contributed by atoms with E-state index in [1.807, 2.05) is 33.8 Å². The fourth-order valence-corrected chi connectivity index (χ4v) is 3.24. The molecule has 6 nitrogen and oxygen atoms in total. The van der Waals surface area contributed by atoms with Gasteiger partial charge in [0.25, 0.3) is 5.91 Å². The quantitative estimate of drug-likeness (QED) is 0.857. The summed E-state index contributed by atoms with van der Waals surface area (Å²) in [5, 5.41) is 2.90. The first kappa shape index (κ1) is 19.4. The molecule has 2 amide bonds. The van der Waals surface area contributed by atoms with Crippen molar-refractivity contribution in [2.24, 2.45) is 0 Å². The van der Waals surface area contributed by atoms with Crippen LogP contribution >= 0.6 is 0 Å². The van der Waals surface area contributed by atoms with Crippen molar-refractivity contribution in [3.8, 4) is 0 Å². The van der Waals surface area contributed by atoms with Gasteiger partial charge in [0.05, 0.1) is 18.8 Å². The lowest BCUT2D eigenvalue weighted by atomic mass is 10.1. The predicted molar refractivity (Wildman–Crippen MR) is 98.8 cm³/mol. The maximum Gasteiger partial charge on any atom is 0.253 e. The van der Waals surface area contributed by atoms with Crippen LogP contribution in [0.2, 0.25) is 0 Å². The molecule has 1 aliphatic rings. The third-order valence-corrected chi connectivity index (χ3v) is 4.31. The van der Waals surface area contributed by atoms with Gasteiger partial charge in [-0.15, -0.1) is 0 Å². The largest absolute Gasteiger partial charge is 0.373 e. The Morgan fingerprint density at radius 2 is 1.84 bits per heavy atom. The molecule has 1 heterocycles. The molecule has 0 saturated carbocycles. The summed E-state index contributed by atoms with van der Waals surface area (Å²) in [6.07, 6.45) is 0.262. The molecule has 0 radical (unpaired) electrons. The Balaban J connectivity index is 1.97. The maximum atomic E-state index is 12.4. The highest BCUT2D eigenvalue weighted by Gasteiger charge is 2.23. The number of hydrogen-bond donors (Lipinski definition) is 1. The predicted octanol–water partition coefficient (Wildman–Crippen LogP) is 2.22. The fourth-order valence-electron chi connectivity index (χ4n) is 3.24. The number of ether oxygens (including phenoxy) is 1. The van der Waals surface area contributed by atoms with Crippen LogP contribution in [0, 0.1) is 0 Å². The lowest BCUT2D eigenvalue weighted by Crippen LogP contribution is -2.48. The van der Waals surface area contributed by atoms with Gasteiger partial charge >= 0.3 is 0 Å². The fraction of sp³-hybridized carbons (Fsp3) is 0.579. The number of benzene rings is 1. The number of nitrogens with one attached hydrogen (secondary N) is 1. The van der Waals surface area contributed by atoms with Crippen molar-refractivity contribution >= 4 is 17.5 Å². The molecule has 1 aromatic carbocycles. The highest BCUT2D eigenvalue weighted by atomic mass is 16.5. The summed E-state index contributed by atoms with van der Waals surface area (Å²) in [6.45, 7) is 11.1. The van der Waals surface area contributed by atoms with E-state index in [2.05, 4.69) is 10.2 Å². The van der Waals surface area contributed by atoms with Gasteiger partial charge in [-0.1, -0.05) is 6.07 Å². The van der Waals surface area contributed by atoms with Crippen LogP contribution in [0.15, 0.2) is 24.3 Å². The summed E-state index contributed by atoms with van der Waals surface area (Å²) in [5.41, 5.74) is 1.24. The topological polar surface area (TPSA) is 61.9 Å². The molecule has 6 heteroatoms. The molecular weight excluding hydrogens is 318 g/mol. The lowest BCUT2D eigenvalue weighted by molar-refractivity contribution is -0.121. The minimum Gasteiger partial charge on any atom is -0.373 e. The monoisotopic (exact) mass is 347 g/mol. The molecule has 25 heavy (non-hydrogen) atoms. The van der Waals surface area contributed by atoms with Crippen molar-refractivity contribution in [1.82, 2.24) is 9.80 Å². The van der Waals surface area contributed by atoms with Gasteiger partial charge in [-0.05, 0) is 45.9 Å². The van der Waals surface area contributed by atoms with Crippen molar-refractivity contribution in [2.45, 2.75) is 39.9 Å². The van der Waals surface area contributed by atoms with E-state index in [1.54, 1.807) is 23.1 Å². The van der Waals surface area contributed by atoms with E-state index in [4.69, 9.17) is 4.74 Å². The average molecular weight is 347 g/mol. The normalized spacial score (nSPS) is 21.0. The highest BCUT2D eigenvalue weighted by Crippen LogP contribution is 2.14. The molecule has 138 valence electrons. The van der Waals surface area contributed by atoms with Crippen molar-refractivity contribution in [3.63, 3.8) is 0 Å².